The van der Waals surface area contributed by atoms with E-state index in [4.69, 9.17) is 9.72 Å². The number of fused-ring (bicyclic) bond motifs is 1. The third-order valence-corrected chi connectivity index (χ3v) is 7.70. The Labute approximate surface area is 236 Å². The van der Waals surface area contributed by atoms with E-state index in [2.05, 4.69) is 22.3 Å². The van der Waals surface area contributed by atoms with Crippen LogP contribution in [0.2, 0.25) is 0 Å². The molecule has 7 nitrogen and oxygen atoms in total. The van der Waals surface area contributed by atoms with Crippen LogP contribution in [0, 0.1) is 13.8 Å². The molecular formula is C33H38N4O3. The Kier molecular flexibility index (Phi) is 8.79. The van der Waals surface area contributed by atoms with Crippen LogP contribution in [0.3, 0.4) is 0 Å². The summed E-state index contributed by atoms with van der Waals surface area (Å²) in [7, 11) is 0. The molecule has 40 heavy (non-hydrogen) atoms. The second kappa shape index (κ2) is 12.8. The average molecular weight is 539 g/mol. The van der Waals surface area contributed by atoms with E-state index in [1.165, 1.54) is 6.42 Å². The Hall–Kier alpha value is -4.13. The maximum absolute atomic E-state index is 13.9. The summed E-state index contributed by atoms with van der Waals surface area (Å²) in [5.41, 5.74) is 4.88. The van der Waals surface area contributed by atoms with Gasteiger partial charge in [-0.2, -0.15) is 0 Å². The number of carbonyl (C=O) groups is 2. The van der Waals surface area contributed by atoms with Gasteiger partial charge in [0.15, 0.2) is 6.61 Å². The van der Waals surface area contributed by atoms with Gasteiger partial charge in [-0.25, -0.2) is 4.98 Å². The minimum atomic E-state index is -0.237. The third kappa shape index (κ3) is 6.71. The van der Waals surface area contributed by atoms with E-state index in [1.54, 1.807) is 0 Å². The zero-order valence-electron chi connectivity index (χ0n) is 23.4. The third-order valence-electron chi connectivity index (χ3n) is 7.70. The number of ether oxygens (including phenoxy) is 1. The van der Waals surface area contributed by atoms with Crippen LogP contribution in [0.15, 0.2) is 72.8 Å². The van der Waals surface area contributed by atoms with Crippen LogP contribution in [0.5, 0.6) is 5.75 Å². The van der Waals surface area contributed by atoms with Crippen LogP contribution < -0.4 is 10.1 Å². The second-order valence-electron chi connectivity index (χ2n) is 10.7. The molecule has 1 aliphatic rings. The summed E-state index contributed by atoms with van der Waals surface area (Å²) in [6.45, 7) is 4.84. The van der Waals surface area contributed by atoms with Gasteiger partial charge in [-0.05, 0) is 61.6 Å². The van der Waals surface area contributed by atoms with Crippen LogP contribution in [0.4, 0.5) is 0 Å². The minimum Gasteiger partial charge on any atom is -0.483 e. The Morgan fingerprint density at radius 1 is 0.975 bits per heavy atom. The fraction of sp³-hybridized carbons (Fsp3) is 0.364. The second-order valence-corrected chi connectivity index (χ2v) is 10.7. The number of nitrogens with one attached hydrogen (secondary N) is 1. The molecule has 1 aromatic heterocycles. The Bertz CT molecular complexity index is 1460. The number of benzene rings is 3. The molecule has 1 aliphatic carbocycles. The smallest absolute Gasteiger partial charge is 0.258 e. The summed E-state index contributed by atoms with van der Waals surface area (Å²) in [5, 5.41) is 2.94. The van der Waals surface area contributed by atoms with Crippen molar-refractivity contribution in [1.82, 2.24) is 19.8 Å². The number of aromatic nitrogens is 2. The first-order chi connectivity index (χ1) is 19.5. The van der Waals surface area contributed by atoms with Crippen LogP contribution in [-0.2, 0) is 29.2 Å². The quantitative estimate of drug-likeness (QED) is 0.281. The summed E-state index contributed by atoms with van der Waals surface area (Å²) in [6.07, 6.45) is 5.60. The minimum absolute atomic E-state index is 0.0738. The van der Waals surface area contributed by atoms with Crippen LogP contribution in [0.25, 0.3) is 11.0 Å². The van der Waals surface area contributed by atoms with Crippen molar-refractivity contribution in [2.45, 2.75) is 71.6 Å². The van der Waals surface area contributed by atoms with Crippen molar-refractivity contribution in [3.63, 3.8) is 0 Å². The highest BCUT2D eigenvalue weighted by Crippen LogP contribution is 2.26. The molecule has 7 heteroatoms. The molecule has 3 aromatic carbocycles. The van der Waals surface area contributed by atoms with Gasteiger partial charge in [0.05, 0.1) is 17.6 Å². The molecule has 0 bridgehead atoms. The summed E-state index contributed by atoms with van der Waals surface area (Å²) >= 11 is 0. The molecule has 0 radical (unpaired) electrons. The Morgan fingerprint density at radius 3 is 2.52 bits per heavy atom. The predicted octanol–water partition coefficient (Wildman–Crippen LogP) is 5.71. The number of imidazole rings is 1. The highest BCUT2D eigenvalue weighted by molar-refractivity contribution is 5.82. The van der Waals surface area contributed by atoms with Gasteiger partial charge in [0.25, 0.3) is 5.91 Å². The van der Waals surface area contributed by atoms with Crippen molar-refractivity contribution in [3.8, 4) is 5.75 Å². The van der Waals surface area contributed by atoms with E-state index in [9.17, 15) is 9.59 Å². The SMILES string of the molecule is Cc1ccc(C)c(OCC(=O)NCc2nc3ccccc3n2CC(=O)N(Cc2ccccc2)C2CCCCC2)c1. The maximum Gasteiger partial charge on any atom is 0.258 e. The summed E-state index contributed by atoms with van der Waals surface area (Å²) in [5.74, 6) is 1.19. The van der Waals surface area contributed by atoms with Crippen molar-refractivity contribution in [2.24, 2.45) is 0 Å². The molecule has 0 spiro atoms. The van der Waals surface area contributed by atoms with Gasteiger partial charge >= 0.3 is 0 Å². The van der Waals surface area contributed by atoms with Gasteiger partial charge in [-0.3, -0.25) is 9.59 Å². The van der Waals surface area contributed by atoms with Gasteiger partial charge in [-0.1, -0.05) is 73.9 Å². The standard InChI is InChI=1S/C33H38N4O3/c1-24-17-18-25(2)30(19-24)40-23-32(38)34-20-31-35-28-15-9-10-16-29(28)37(31)22-33(39)36(27-13-7-4-8-14-27)21-26-11-5-3-6-12-26/h3,5-6,9-12,15-19,27H,4,7-8,13-14,20-23H2,1-2H3,(H,34,38). The van der Waals surface area contributed by atoms with Gasteiger partial charge in [0.1, 0.15) is 18.1 Å². The van der Waals surface area contributed by atoms with Gasteiger partial charge in [-0.15, -0.1) is 0 Å². The monoisotopic (exact) mass is 538 g/mol. The van der Waals surface area contributed by atoms with E-state index < -0.39 is 0 Å². The van der Waals surface area contributed by atoms with Crippen molar-refractivity contribution >= 4 is 22.8 Å². The first kappa shape index (κ1) is 27.4. The van der Waals surface area contributed by atoms with Gasteiger partial charge in [0, 0.05) is 12.6 Å². The zero-order chi connectivity index (χ0) is 27.9. The first-order valence-electron chi connectivity index (χ1n) is 14.2. The molecule has 2 amide bonds. The van der Waals surface area contributed by atoms with Crippen molar-refractivity contribution < 1.29 is 14.3 Å². The number of para-hydroxylation sites is 2. The largest absolute Gasteiger partial charge is 0.483 e. The number of rotatable bonds is 10. The fourth-order valence-electron chi connectivity index (χ4n) is 5.49. The number of carbonyl (C=O) groups excluding carboxylic acids is 2. The van der Waals surface area contributed by atoms with E-state index in [0.29, 0.717) is 18.1 Å². The van der Waals surface area contributed by atoms with Crippen LogP contribution >= 0.6 is 0 Å². The number of hydrogen-bond donors (Lipinski definition) is 1. The average Bonchev–Trinajstić information content (AvgIpc) is 3.33. The molecule has 1 saturated carbocycles. The molecule has 208 valence electrons. The van der Waals surface area contributed by atoms with Gasteiger partial charge in [0.2, 0.25) is 5.91 Å². The number of hydrogen-bond acceptors (Lipinski definition) is 4. The lowest BCUT2D eigenvalue weighted by Gasteiger charge is -2.35. The molecule has 0 atom stereocenters. The maximum atomic E-state index is 13.9. The molecule has 1 N–H and O–H groups in total. The molecule has 0 saturated heterocycles. The van der Waals surface area contributed by atoms with E-state index in [-0.39, 0.29) is 37.6 Å². The molecular weight excluding hydrogens is 500 g/mol. The van der Waals surface area contributed by atoms with E-state index in [0.717, 1.165) is 53.4 Å². The topological polar surface area (TPSA) is 76.5 Å². The van der Waals surface area contributed by atoms with E-state index in [1.807, 2.05) is 79.1 Å². The zero-order valence-corrected chi connectivity index (χ0v) is 23.4. The van der Waals surface area contributed by atoms with Gasteiger partial charge < -0.3 is 19.5 Å². The number of nitrogens with zero attached hydrogens (tertiary/aromatic N) is 3. The van der Waals surface area contributed by atoms with Crippen molar-refractivity contribution in [1.29, 1.82) is 0 Å². The van der Waals surface area contributed by atoms with E-state index >= 15 is 0 Å². The predicted molar refractivity (Wildman–Crippen MR) is 157 cm³/mol. The molecule has 1 fully saturated rings. The lowest BCUT2D eigenvalue weighted by molar-refractivity contribution is -0.135. The summed E-state index contributed by atoms with van der Waals surface area (Å²) in [6, 6.07) is 24.2. The number of aryl methyl sites for hydroxylation is 2. The summed E-state index contributed by atoms with van der Waals surface area (Å²) < 4.78 is 7.73. The Balaban J connectivity index is 1.31. The van der Waals surface area contributed by atoms with Crippen molar-refractivity contribution in [2.75, 3.05) is 6.61 Å². The fourth-order valence-corrected chi connectivity index (χ4v) is 5.49. The van der Waals surface area contributed by atoms with Crippen LogP contribution in [0.1, 0.15) is 54.6 Å². The highest BCUT2D eigenvalue weighted by atomic mass is 16.5. The first-order valence-corrected chi connectivity index (χ1v) is 14.2. The molecule has 0 aliphatic heterocycles. The lowest BCUT2D eigenvalue weighted by atomic mass is 9.93. The highest BCUT2D eigenvalue weighted by Gasteiger charge is 2.27. The molecule has 4 aromatic rings. The molecule has 1 heterocycles. The lowest BCUT2D eigenvalue weighted by Crippen LogP contribution is -2.42. The normalized spacial score (nSPS) is 13.8. The Morgan fingerprint density at radius 2 is 1.73 bits per heavy atom. The van der Waals surface area contributed by atoms with Crippen LogP contribution in [-0.4, -0.2) is 38.9 Å². The molecule has 0 unspecified atom stereocenters. The van der Waals surface area contributed by atoms with Crippen molar-refractivity contribution in [3.05, 3.63) is 95.3 Å². The molecule has 5 rings (SSSR count). The summed E-state index contributed by atoms with van der Waals surface area (Å²) in [4.78, 5) is 33.5. The number of amides is 2.